The maximum atomic E-state index is 4.28. The first-order chi connectivity index (χ1) is 6.34. The summed E-state index contributed by atoms with van der Waals surface area (Å²) in [6.07, 6.45) is 11.0. The molecule has 0 spiro atoms. The summed E-state index contributed by atoms with van der Waals surface area (Å²) < 4.78 is 3.14. The monoisotopic (exact) mass is 242 g/mol. The fourth-order valence-corrected chi connectivity index (χ4v) is 2.40. The van der Waals surface area contributed by atoms with Gasteiger partial charge >= 0.3 is 0 Å². The molecule has 0 saturated heterocycles. The number of rotatable bonds is 2. The van der Waals surface area contributed by atoms with Gasteiger partial charge in [-0.2, -0.15) is 5.10 Å². The zero-order valence-electron chi connectivity index (χ0n) is 7.75. The van der Waals surface area contributed by atoms with Crippen molar-refractivity contribution in [3.05, 3.63) is 16.9 Å². The Labute approximate surface area is 87.5 Å². The Bertz CT molecular complexity index is 264. The van der Waals surface area contributed by atoms with Crippen LogP contribution in [0.4, 0.5) is 0 Å². The van der Waals surface area contributed by atoms with Crippen molar-refractivity contribution in [1.29, 1.82) is 0 Å². The van der Waals surface area contributed by atoms with Crippen molar-refractivity contribution < 1.29 is 0 Å². The van der Waals surface area contributed by atoms with Gasteiger partial charge in [0, 0.05) is 12.7 Å². The van der Waals surface area contributed by atoms with Crippen molar-refractivity contribution in [3.8, 4) is 0 Å². The van der Waals surface area contributed by atoms with Crippen LogP contribution in [0.15, 0.2) is 16.9 Å². The van der Waals surface area contributed by atoms with E-state index in [0.717, 1.165) is 16.9 Å². The molecule has 1 aromatic rings. The van der Waals surface area contributed by atoms with Crippen molar-refractivity contribution in [2.75, 3.05) is 0 Å². The molecular weight excluding hydrogens is 228 g/mol. The second kappa shape index (κ2) is 4.27. The molecule has 0 N–H and O–H groups in total. The van der Waals surface area contributed by atoms with Gasteiger partial charge in [0.2, 0.25) is 0 Å². The first-order valence-corrected chi connectivity index (χ1v) is 5.82. The maximum absolute atomic E-state index is 4.28. The summed E-state index contributed by atoms with van der Waals surface area (Å²) in [7, 11) is 0. The van der Waals surface area contributed by atoms with E-state index in [0.29, 0.717) is 0 Å². The van der Waals surface area contributed by atoms with E-state index in [4.69, 9.17) is 0 Å². The third-order valence-corrected chi connectivity index (χ3v) is 3.18. The van der Waals surface area contributed by atoms with E-state index < -0.39 is 0 Å². The number of halogens is 1. The van der Waals surface area contributed by atoms with Gasteiger partial charge in [-0.25, -0.2) is 0 Å². The Balaban J connectivity index is 1.89. The molecule has 3 heteroatoms. The van der Waals surface area contributed by atoms with Crippen LogP contribution >= 0.6 is 15.9 Å². The molecule has 0 radical (unpaired) electrons. The Morgan fingerprint density at radius 2 is 2.15 bits per heavy atom. The van der Waals surface area contributed by atoms with Crippen LogP contribution in [0.3, 0.4) is 0 Å². The number of hydrogen-bond acceptors (Lipinski definition) is 1. The van der Waals surface area contributed by atoms with E-state index in [1.807, 2.05) is 6.20 Å². The zero-order chi connectivity index (χ0) is 9.10. The molecule has 2 rings (SSSR count). The van der Waals surface area contributed by atoms with E-state index >= 15 is 0 Å². The third-order valence-electron chi connectivity index (χ3n) is 2.77. The van der Waals surface area contributed by atoms with Crippen molar-refractivity contribution in [2.45, 2.75) is 38.6 Å². The Kier molecular flexibility index (Phi) is 3.04. The van der Waals surface area contributed by atoms with Crippen molar-refractivity contribution in [1.82, 2.24) is 9.78 Å². The molecule has 0 amide bonds. The summed E-state index contributed by atoms with van der Waals surface area (Å²) in [4.78, 5) is 0. The second-order valence-electron chi connectivity index (χ2n) is 3.88. The van der Waals surface area contributed by atoms with E-state index in [-0.39, 0.29) is 0 Å². The zero-order valence-corrected chi connectivity index (χ0v) is 9.33. The molecule has 1 fully saturated rings. The highest BCUT2D eigenvalue weighted by Crippen LogP contribution is 2.25. The fraction of sp³-hybridized carbons (Fsp3) is 0.700. The van der Waals surface area contributed by atoms with Gasteiger partial charge in [0.15, 0.2) is 0 Å². The molecule has 1 saturated carbocycles. The average molecular weight is 243 g/mol. The molecule has 0 atom stereocenters. The molecule has 13 heavy (non-hydrogen) atoms. The first kappa shape index (κ1) is 9.25. The topological polar surface area (TPSA) is 17.8 Å². The predicted octanol–water partition coefficient (Wildman–Crippen LogP) is 3.23. The third kappa shape index (κ3) is 2.56. The molecule has 1 heterocycles. The van der Waals surface area contributed by atoms with Crippen LogP contribution in [0.1, 0.15) is 32.1 Å². The normalized spacial score (nSPS) is 19.2. The van der Waals surface area contributed by atoms with Gasteiger partial charge in [-0.1, -0.05) is 19.3 Å². The minimum Gasteiger partial charge on any atom is -0.271 e. The summed E-state index contributed by atoms with van der Waals surface area (Å²) in [6, 6.07) is 0. The van der Waals surface area contributed by atoms with Gasteiger partial charge in [0.25, 0.3) is 0 Å². The maximum Gasteiger partial charge on any atom is 0.0632 e. The molecule has 72 valence electrons. The number of nitrogens with zero attached hydrogens (tertiary/aromatic N) is 2. The van der Waals surface area contributed by atoms with Gasteiger partial charge in [-0.3, -0.25) is 4.68 Å². The molecule has 0 bridgehead atoms. The molecule has 0 aromatic carbocycles. The quantitative estimate of drug-likeness (QED) is 0.779. The molecule has 1 aliphatic carbocycles. The lowest BCUT2D eigenvalue weighted by Gasteiger charge is -2.21. The van der Waals surface area contributed by atoms with Gasteiger partial charge < -0.3 is 0 Å². The fourth-order valence-electron chi connectivity index (χ4n) is 2.07. The van der Waals surface area contributed by atoms with Crippen molar-refractivity contribution in [3.63, 3.8) is 0 Å². The Morgan fingerprint density at radius 3 is 2.77 bits per heavy atom. The lowest BCUT2D eigenvalue weighted by molar-refractivity contribution is 0.308. The highest BCUT2D eigenvalue weighted by molar-refractivity contribution is 9.10. The highest BCUT2D eigenvalue weighted by Gasteiger charge is 2.13. The van der Waals surface area contributed by atoms with Crippen LogP contribution in [0.2, 0.25) is 0 Å². The van der Waals surface area contributed by atoms with Crippen LogP contribution in [0, 0.1) is 5.92 Å². The predicted molar refractivity (Wildman–Crippen MR) is 56.5 cm³/mol. The summed E-state index contributed by atoms with van der Waals surface area (Å²) in [6.45, 7) is 1.10. The van der Waals surface area contributed by atoms with Crippen LogP contribution < -0.4 is 0 Å². The van der Waals surface area contributed by atoms with E-state index in [1.54, 1.807) is 0 Å². The highest BCUT2D eigenvalue weighted by atomic mass is 79.9. The smallest absolute Gasteiger partial charge is 0.0632 e. The van der Waals surface area contributed by atoms with Crippen LogP contribution in [0.5, 0.6) is 0 Å². The summed E-state index contributed by atoms with van der Waals surface area (Å²) in [5.41, 5.74) is 0. The summed E-state index contributed by atoms with van der Waals surface area (Å²) >= 11 is 3.41. The van der Waals surface area contributed by atoms with Gasteiger partial charge in [0.05, 0.1) is 10.7 Å². The van der Waals surface area contributed by atoms with Crippen molar-refractivity contribution >= 4 is 15.9 Å². The minimum absolute atomic E-state index is 0.862. The lowest BCUT2D eigenvalue weighted by Crippen LogP contribution is -2.14. The molecule has 1 aromatic heterocycles. The van der Waals surface area contributed by atoms with Crippen LogP contribution in [-0.2, 0) is 6.54 Å². The molecule has 2 nitrogen and oxygen atoms in total. The van der Waals surface area contributed by atoms with Crippen LogP contribution in [0.25, 0.3) is 0 Å². The van der Waals surface area contributed by atoms with Crippen molar-refractivity contribution in [2.24, 2.45) is 5.92 Å². The molecule has 0 unspecified atom stereocenters. The van der Waals surface area contributed by atoms with Gasteiger partial charge in [0.1, 0.15) is 0 Å². The number of hydrogen-bond donors (Lipinski definition) is 0. The number of aromatic nitrogens is 2. The van der Waals surface area contributed by atoms with E-state index in [1.165, 1.54) is 32.1 Å². The first-order valence-electron chi connectivity index (χ1n) is 5.02. The van der Waals surface area contributed by atoms with Gasteiger partial charge in [-0.05, 0) is 34.7 Å². The lowest BCUT2D eigenvalue weighted by atomic mass is 9.89. The molecule has 0 aliphatic heterocycles. The minimum atomic E-state index is 0.862. The van der Waals surface area contributed by atoms with E-state index in [9.17, 15) is 0 Å². The average Bonchev–Trinajstić information content (AvgIpc) is 2.53. The largest absolute Gasteiger partial charge is 0.271 e. The summed E-state index contributed by atoms with van der Waals surface area (Å²) in [5, 5.41) is 4.28. The SMILES string of the molecule is Brc1cnn(CC2CCCCC2)c1. The summed E-state index contributed by atoms with van der Waals surface area (Å²) in [5.74, 6) is 0.862. The second-order valence-corrected chi connectivity index (χ2v) is 4.80. The van der Waals surface area contributed by atoms with Gasteiger partial charge in [-0.15, -0.1) is 0 Å². The van der Waals surface area contributed by atoms with E-state index in [2.05, 4.69) is 31.9 Å². The standard InChI is InChI=1S/C10H15BrN2/c11-10-6-12-13(8-10)7-9-4-2-1-3-5-9/h6,8-9H,1-5,7H2. The Morgan fingerprint density at radius 1 is 1.38 bits per heavy atom. The molecule has 1 aliphatic rings. The molecular formula is C10H15BrN2. The Hall–Kier alpha value is -0.310. The van der Waals surface area contributed by atoms with Crippen LogP contribution in [-0.4, -0.2) is 9.78 Å².